The molecule has 10 rings (SSSR count). The average molecular weight is 1060 g/mol. The van der Waals surface area contributed by atoms with Crippen molar-refractivity contribution in [3.8, 4) is 56.3 Å². The van der Waals surface area contributed by atoms with Crippen molar-refractivity contribution in [3.63, 3.8) is 0 Å². The molecule has 0 spiro atoms. The van der Waals surface area contributed by atoms with E-state index in [1.165, 1.54) is 79.3 Å². The van der Waals surface area contributed by atoms with Gasteiger partial charge in [-0.25, -0.2) is 22.8 Å². The van der Waals surface area contributed by atoms with Crippen LogP contribution in [0.5, 0.6) is 0 Å². The molecule has 0 fully saturated rings. The van der Waals surface area contributed by atoms with Gasteiger partial charge in [-0.3, -0.25) is 0 Å². The maximum Gasteiger partial charge on any atom is 0.212 e. The Bertz CT molecular complexity index is 3880. The molecule has 5 heterocycles. The third-order valence-electron chi connectivity index (χ3n) is 14.0. The van der Waals surface area contributed by atoms with E-state index >= 15 is 0 Å². The second-order valence-corrected chi connectivity index (χ2v) is 20.8. The topological polar surface area (TPSA) is 19.4 Å². The van der Waals surface area contributed by atoms with Crippen molar-refractivity contribution >= 4 is 0 Å². The number of hydrogen-bond acceptors (Lipinski definition) is 0. The van der Waals surface area contributed by atoms with Crippen molar-refractivity contribution in [1.29, 1.82) is 0 Å². The molecule has 0 aliphatic rings. The zero-order chi connectivity index (χ0) is 63.8. The Hall–Kier alpha value is -8.15. The van der Waals surface area contributed by atoms with E-state index in [4.69, 9.17) is 11.0 Å². The van der Waals surface area contributed by atoms with Gasteiger partial charge in [-0.15, -0.1) is 0 Å². The van der Waals surface area contributed by atoms with E-state index in [2.05, 4.69) is 211 Å². The molecular weight excluding hydrogens is 959 g/mol. The van der Waals surface area contributed by atoms with Gasteiger partial charge in [-0.1, -0.05) is 99.4 Å². The summed E-state index contributed by atoms with van der Waals surface area (Å²) in [5.41, 5.74) is 21.5. The third-order valence-corrected chi connectivity index (χ3v) is 14.0. The minimum atomic E-state index is -2.67. The molecule has 5 heteroatoms. The largest absolute Gasteiger partial charge is 0.212 e. The number of aromatic nitrogens is 5. The molecule has 0 radical (unpaired) electrons. The minimum absolute atomic E-state index is 0.167. The van der Waals surface area contributed by atoms with Gasteiger partial charge in [0, 0.05) is 99.4 Å². The first-order valence-corrected chi connectivity index (χ1v) is 27.3. The molecular formula is C74H88N5+5. The van der Waals surface area contributed by atoms with E-state index in [-0.39, 0.29) is 5.56 Å². The molecule has 404 valence electrons. The van der Waals surface area contributed by atoms with Crippen molar-refractivity contribution < 1.29 is 33.8 Å². The van der Waals surface area contributed by atoms with Crippen LogP contribution in [0.1, 0.15) is 88.7 Å². The lowest BCUT2D eigenvalue weighted by atomic mass is 9.97. The number of benzene rings is 5. The Balaban J connectivity index is 0.000000174. The number of hydrogen-bond donors (Lipinski definition) is 0. The van der Waals surface area contributed by atoms with Gasteiger partial charge in [0.05, 0.1) is 0 Å². The lowest BCUT2D eigenvalue weighted by Crippen LogP contribution is -2.30. The van der Waals surface area contributed by atoms with Crippen molar-refractivity contribution in [2.24, 2.45) is 41.2 Å². The van der Waals surface area contributed by atoms with E-state index in [0.717, 1.165) is 40.9 Å². The molecule has 0 bridgehead atoms. The van der Waals surface area contributed by atoms with E-state index < -0.39 is 20.1 Å². The molecule has 5 aromatic carbocycles. The molecule has 0 N–H and O–H groups in total. The smallest absolute Gasteiger partial charge is 0.201 e. The first-order valence-electron chi connectivity index (χ1n) is 31.3. The van der Waals surface area contributed by atoms with E-state index in [1.807, 2.05) is 85.0 Å². The highest BCUT2D eigenvalue weighted by molar-refractivity contribution is 5.64. The van der Waals surface area contributed by atoms with Gasteiger partial charge in [0.15, 0.2) is 31.0 Å². The maximum atomic E-state index is 7.74. The quantitative estimate of drug-likeness (QED) is 0.128. The predicted molar refractivity (Wildman–Crippen MR) is 331 cm³/mol. The van der Waals surface area contributed by atoms with Crippen molar-refractivity contribution in [3.05, 3.63) is 269 Å². The molecule has 0 unspecified atom stereocenters. The van der Waals surface area contributed by atoms with Crippen LogP contribution in [0.2, 0.25) is 0 Å². The van der Waals surface area contributed by atoms with Crippen molar-refractivity contribution in [2.75, 3.05) is 0 Å². The van der Waals surface area contributed by atoms with Crippen LogP contribution in [0.3, 0.4) is 0 Å². The Labute approximate surface area is 486 Å². The lowest BCUT2D eigenvalue weighted by Gasteiger charge is -2.09. The second kappa shape index (κ2) is 29.6. The summed E-state index contributed by atoms with van der Waals surface area (Å²) in [5.74, 6) is 0.711. The molecule has 0 saturated heterocycles. The molecule has 5 nitrogen and oxygen atoms in total. The van der Waals surface area contributed by atoms with Gasteiger partial charge >= 0.3 is 0 Å². The number of rotatable bonds is 9. The van der Waals surface area contributed by atoms with Gasteiger partial charge in [-0.05, 0) is 172 Å². The maximum absolute atomic E-state index is 7.74. The van der Waals surface area contributed by atoms with Gasteiger partial charge in [-0.2, -0.15) is 0 Å². The predicted octanol–water partition coefficient (Wildman–Crippen LogP) is 15.1. The summed E-state index contributed by atoms with van der Waals surface area (Å²) in [7, 11) is 10.2. The summed E-state index contributed by atoms with van der Waals surface area (Å²) in [6, 6.07) is 62.7. The van der Waals surface area contributed by atoms with Crippen LogP contribution in [0, 0.1) is 47.4 Å². The van der Waals surface area contributed by atoms with Gasteiger partial charge < -0.3 is 0 Å². The highest BCUT2D eigenvalue weighted by Gasteiger charge is 2.15. The first kappa shape index (κ1) is 49.2. The van der Waals surface area contributed by atoms with E-state index in [1.54, 1.807) is 24.3 Å². The van der Waals surface area contributed by atoms with Crippen LogP contribution < -0.4 is 22.8 Å². The van der Waals surface area contributed by atoms with Crippen LogP contribution in [-0.4, -0.2) is 0 Å². The van der Waals surface area contributed by atoms with Crippen LogP contribution in [-0.2, 0) is 54.5 Å². The normalized spacial score (nSPS) is 12.5. The fourth-order valence-electron chi connectivity index (χ4n) is 9.57. The van der Waals surface area contributed by atoms with E-state index in [9.17, 15) is 0 Å². The lowest BCUT2D eigenvalue weighted by molar-refractivity contribution is -0.660. The zero-order valence-corrected chi connectivity index (χ0v) is 49.0. The molecule has 0 saturated carbocycles. The standard InChI is InChI=1S/C17H22N.C15H18N.3C14H16N/c1-13(2)11-15-8-9-16(14(3)12-15)17-7-5-6-10-18(17)4;1-4-13-8-9-14(12(2)11-13)15-7-5-6-10-16(15)3;1-11-7-8-13(12(2)10-11)14-6-4-5-9-15(14)3;1-11-7-8-12(2)13(10-11)14-6-4-5-9-15(14)3;1-3-12-7-9-13(10-8-12)14-6-4-5-11-15(14)2/h5-10,12-13H,11H2,1-4H3;5-11H,4H2,1-3H3;2*4-10H,1-3H3;4-11H,3H2,1-2H3/q5*+1/i;;1D3;;1D3,3D2. The van der Waals surface area contributed by atoms with Crippen LogP contribution in [0.4, 0.5) is 0 Å². The summed E-state index contributed by atoms with van der Waals surface area (Å²) in [6.07, 6.45) is 10.1. The number of nitrogens with zero attached hydrogens (tertiary/aromatic N) is 5. The summed E-state index contributed by atoms with van der Waals surface area (Å²) >= 11 is 0. The Morgan fingerprint density at radius 2 is 0.772 bits per heavy atom. The molecule has 0 atom stereocenters. The summed E-state index contributed by atoms with van der Waals surface area (Å²) in [5, 5.41) is 0. The van der Waals surface area contributed by atoms with E-state index in [0.29, 0.717) is 11.5 Å². The molecule has 0 aliphatic carbocycles. The fraction of sp³-hybridized carbons (Fsp3) is 0.257. The molecule has 10 aromatic rings. The minimum Gasteiger partial charge on any atom is -0.201 e. The number of aryl methyl sites for hydroxylation is 13. The van der Waals surface area contributed by atoms with Gasteiger partial charge in [0.25, 0.3) is 0 Å². The van der Waals surface area contributed by atoms with Gasteiger partial charge in [0.1, 0.15) is 35.2 Å². The van der Waals surface area contributed by atoms with Crippen LogP contribution in [0.15, 0.2) is 219 Å². The molecule has 0 amide bonds. The number of pyridine rings is 5. The second-order valence-electron chi connectivity index (χ2n) is 20.8. The highest BCUT2D eigenvalue weighted by Crippen LogP contribution is 2.25. The zero-order valence-electron chi connectivity index (χ0n) is 57.0. The van der Waals surface area contributed by atoms with Crippen LogP contribution in [0.25, 0.3) is 56.3 Å². The van der Waals surface area contributed by atoms with Gasteiger partial charge in [0.2, 0.25) is 28.5 Å². The van der Waals surface area contributed by atoms with Crippen LogP contribution >= 0.6 is 0 Å². The van der Waals surface area contributed by atoms with Crippen molar-refractivity contribution in [2.45, 2.75) is 88.3 Å². The fourth-order valence-corrected chi connectivity index (χ4v) is 9.57. The highest BCUT2D eigenvalue weighted by atomic mass is 14.9. The molecule has 5 aromatic heterocycles. The Kier molecular flexibility index (Phi) is 18.4. The first-order chi connectivity index (χ1) is 41.1. The molecule has 79 heavy (non-hydrogen) atoms. The summed E-state index contributed by atoms with van der Waals surface area (Å²) in [6.45, 7) is 12.6. The Morgan fingerprint density at radius 3 is 1.18 bits per heavy atom. The SMILES string of the molecule is CCc1ccc(-c2cccc[n+]2C)c(C)c1.Cc1cc(CC(C)C)ccc1-c1cccc[n+]1C.Cc1ccc(C)c(-c2cccc[n+]2C)c1.[2H]C([2H])([2H])C([2H])([2H])c1ccc(-c2cccc[n+]2C)cc1.[2H]C([2H])([2H])c1ccc(-c2cccc[n+]2C)c(C)c1. The Morgan fingerprint density at radius 1 is 0.380 bits per heavy atom. The third kappa shape index (κ3) is 17.2. The average Bonchev–Trinajstić information content (AvgIpc) is 1.66. The molecule has 0 aliphatic heterocycles. The summed E-state index contributed by atoms with van der Waals surface area (Å²) in [4.78, 5) is 0. The monoisotopic (exact) mass is 1050 g/mol. The van der Waals surface area contributed by atoms with Crippen molar-refractivity contribution in [1.82, 2.24) is 0 Å². The summed E-state index contributed by atoms with van der Waals surface area (Å²) < 4.78 is 70.0.